The fourth-order valence-electron chi connectivity index (χ4n) is 2.11. The van der Waals surface area contributed by atoms with E-state index in [-0.39, 0.29) is 10.7 Å². The Balaban J connectivity index is 1.85. The zero-order valence-corrected chi connectivity index (χ0v) is 13.2. The number of sulfonamides is 1. The molecule has 1 aromatic heterocycles. The van der Waals surface area contributed by atoms with Crippen LogP contribution in [0.1, 0.15) is 5.76 Å². The summed E-state index contributed by atoms with van der Waals surface area (Å²) in [6, 6.07) is 15.5. The van der Waals surface area contributed by atoms with Crippen LogP contribution >= 0.6 is 0 Å². The first-order valence-corrected chi connectivity index (χ1v) is 8.34. The lowest BCUT2D eigenvalue weighted by atomic mass is 10.1. The maximum atomic E-state index is 12.3. The molecule has 0 aliphatic rings. The second-order valence-corrected chi connectivity index (χ2v) is 6.76. The highest BCUT2D eigenvalue weighted by Gasteiger charge is 2.16. The van der Waals surface area contributed by atoms with E-state index in [1.54, 1.807) is 43.3 Å². The molecular formula is C16H15N3O3S. The Hall–Kier alpha value is -2.80. The van der Waals surface area contributed by atoms with E-state index in [1.807, 2.05) is 12.1 Å². The molecule has 3 aromatic rings. The van der Waals surface area contributed by atoms with Crippen LogP contribution in [-0.2, 0) is 10.0 Å². The first-order valence-electron chi connectivity index (χ1n) is 6.86. The summed E-state index contributed by atoms with van der Waals surface area (Å²) in [6.07, 6.45) is 0. The van der Waals surface area contributed by atoms with Gasteiger partial charge in [0.05, 0.1) is 4.90 Å². The van der Waals surface area contributed by atoms with E-state index in [0.717, 1.165) is 11.1 Å². The Kier molecular flexibility index (Phi) is 3.79. The van der Waals surface area contributed by atoms with Gasteiger partial charge in [-0.15, -0.1) is 0 Å². The van der Waals surface area contributed by atoms with Gasteiger partial charge in [0.15, 0.2) is 5.82 Å². The molecule has 3 N–H and O–H groups in total. The van der Waals surface area contributed by atoms with E-state index < -0.39 is 10.0 Å². The van der Waals surface area contributed by atoms with Crippen LogP contribution in [0.15, 0.2) is 64.0 Å². The van der Waals surface area contributed by atoms with Crippen molar-refractivity contribution in [2.24, 2.45) is 0 Å². The van der Waals surface area contributed by atoms with Crippen LogP contribution in [0.4, 0.5) is 11.5 Å². The van der Waals surface area contributed by atoms with Crippen molar-refractivity contribution in [3.05, 3.63) is 60.4 Å². The molecule has 6 nitrogen and oxygen atoms in total. The average molecular weight is 329 g/mol. The zero-order chi connectivity index (χ0) is 16.4. The number of aryl methyl sites for hydroxylation is 1. The van der Waals surface area contributed by atoms with E-state index in [0.29, 0.717) is 11.4 Å². The largest absolute Gasteiger partial charge is 0.399 e. The lowest BCUT2D eigenvalue weighted by molar-refractivity contribution is 0.400. The third-order valence-electron chi connectivity index (χ3n) is 3.28. The molecule has 0 atom stereocenters. The number of aromatic nitrogens is 1. The number of anilines is 2. The zero-order valence-electron chi connectivity index (χ0n) is 12.4. The molecule has 0 aliphatic heterocycles. The second-order valence-electron chi connectivity index (χ2n) is 5.07. The van der Waals surface area contributed by atoms with Gasteiger partial charge < -0.3 is 10.3 Å². The van der Waals surface area contributed by atoms with Gasteiger partial charge in [-0.25, -0.2) is 8.42 Å². The molecule has 0 saturated carbocycles. The van der Waals surface area contributed by atoms with Gasteiger partial charge in [-0.2, -0.15) is 0 Å². The van der Waals surface area contributed by atoms with Crippen molar-refractivity contribution in [1.29, 1.82) is 0 Å². The average Bonchev–Trinajstić information content (AvgIpc) is 2.92. The summed E-state index contributed by atoms with van der Waals surface area (Å²) in [6.45, 7) is 1.69. The molecule has 0 fully saturated rings. The minimum atomic E-state index is -3.70. The number of benzene rings is 2. The molecule has 0 aliphatic carbocycles. The predicted octanol–water partition coefficient (Wildman–Crippen LogP) is 3.03. The Labute approximate surface area is 134 Å². The maximum absolute atomic E-state index is 12.3. The van der Waals surface area contributed by atoms with E-state index in [1.165, 1.54) is 6.07 Å². The summed E-state index contributed by atoms with van der Waals surface area (Å²) < 4.78 is 31.8. The number of hydrogen-bond acceptors (Lipinski definition) is 5. The van der Waals surface area contributed by atoms with Crippen molar-refractivity contribution in [3.8, 4) is 11.1 Å². The van der Waals surface area contributed by atoms with E-state index >= 15 is 0 Å². The number of nitrogen functional groups attached to an aromatic ring is 1. The summed E-state index contributed by atoms with van der Waals surface area (Å²) >= 11 is 0. The minimum absolute atomic E-state index is 0.150. The van der Waals surface area contributed by atoms with Gasteiger partial charge in [0.2, 0.25) is 0 Å². The van der Waals surface area contributed by atoms with Crippen LogP contribution in [0.2, 0.25) is 0 Å². The number of nitrogens with one attached hydrogen (secondary N) is 1. The van der Waals surface area contributed by atoms with Gasteiger partial charge in [-0.3, -0.25) is 4.72 Å². The van der Waals surface area contributed by atoms with Gasteiger partial charge in [0.25, 0.3) is 10.0 Å². The molecular weight excluding hydrogens is 314 g/mol. The Morgan fingerprint density at radius 3 is 2.09 bits per heavy atom. The van der Waals surface area contributed by atoms with Gasteiger partial charge in [0, 0.05) is 11.8 Å². The van der Waals surface area contributed by atoms with Crippen LogP contribution in [0, 0.1) is 6.92 Å². The van der Waals surface area contributed by atoms with Gasteiger partial charge in [-0.1, -0.05) is 29.4 Å². The standard InChI is InChI=1S/C16H15N3O3S/c1-11-10-16(18-22-11)19-23(20,21)15-8-4-13(5-9-15)12-2-6-14(17)7-3-12/h2-10H,17H2,1H3,(H,18,19). The second kappa shape index (κ2) is 5.77. The molecule has 0 spiro atoms. The highest BCUT2D eigenvalue weighted by Crippen LogP contribution is 2.23. The highest BCUT2D eigenvalue weighted by molar-refractivity contribution is 7.92. The Morgan fingerprint density at radius 2 is 1.57 bits per heavy atom. The predicted molar refractivity (Wildman–Crippen MR) is 88.3 cm³/mol. The quantitative estimate of drug-likeness (QED) is 0.717. The third kappa shape index (κ3) is 3.35. The first-order chi connectivity index (χ1) is 10.9. The van der Waals surface area contributed by atoms with Crippen LogP contribution in [0.25, 0.3) is 11.1 Å². The summed E-state index contributed by atoms with van der Waals surface area (Å²) in [5.41, 5.74) is 8.21. The van der Waals surface area contributed by atoms with Gasteiger partial charge in [0.1, 0.15) is 5.76 Å². The molecule has 1 heterocycles. The van der Waals surface area contributed by atoms with E-state index in [4.69, 9.17) is 10.3 Å². The molecule has 7 heteroatoms. The molecule has 0 bridgehead atoms. The van der Waals surface area contributed by atoms with Gasteiger partial charge in [-0.05, 0) is 42.3 Å². The molecule has 0 amide bonds. The van der Waals surface area contributed by atoms with Crippen molar-refractivity contribution in [3.63, 3.8) is 0 Å². The van der Waals surface area contributed by atoms with Crippen LogP contribution in [-0.4, -0.2) is 13.6 Å². The third-order valence-corrected chi connectivity index (χ3v) is 4.65. The normalized spacial score (nSPS) is 11.3. The van der Waals surface area contributed by atoms with Crippen LogP contribution in [0.5, 0.6) is 0 Å². The lowest BCUT2D eigenvalue weighted by Crippen LogP contribution is -2.13. The van der Waals surface area contributed by atoms with Crippen LogP contribution < -0.4 is 10.5 Å². The molecule has 0 unspecified atom stereocenters. The maximum Gasteiger partial charge on any atom is 0.263 e. The van der Waals surface area contributed by atoms with E-state index in [9.17, 15) is 8.42 Å². The first kappa shape index (κ1) is 15.1. The van der Waals surface area contributed by atoms with Crippen molar-refractivity contribution < 1.29 is 12.9 Å². The Morgan fingerprint density at radius 1 is 1.00 bits per heavy atom. The molecule has 118 valence electrons. The van der Waals surface area contributed by atoms with E-state index in [2.05, 4.69) is 9.88 Å². The number of nitrogens with zero attached hydrogens (tertiary/aromatic N) is 1. The summed E-state index contributed by atoms with van der Waals surface area (Å²) in [4.78, 5) is 0.150. The smallest absolute Gasteiger partial charge is 0.263 e. The molecule has 3 rings (SSSR count). The number of rotatable bonds is 4. The lowest BCUT2D eigenvalue weighted by Gasteiger charge is -2.07. The van der Waals surface area contributed by atoms with Gasteiger partial charge >= 0.3 is 0 Å². The summed E-state index contributed by atoms with van der Waals surface area (Å²) in [7, 11) is -3.70. The molecule has 23 heavy (non-hydrogen) atoms. The highest BCUT2D eigenvalue weighted by atomic mass is 32.2. The summed E-state index contributed by atoms with van der Waals surface area (Å²) in [5, 5.41) is 3.62. The monoisotopic (exact) mass is 329 g/mol. The SMILES string of the molecule is Cc1cc(NS(=O)(=O)c2ccc(-c3ccc(N)cc3)cc2)no1. The molecule has 0 saturated heterocycles. The summed E-state index contributed by atoms with van der Waals surface area (Å²) in [5.74, 6) is 0.687. The van der Waals surface area contributed by atoms with Crippen molar-refractivity contribution in [1.82, 2.24) is 5.16 Å². The topological polar surface area (TPSA) is 98.2 Å². The van der Waals surface area contributed by atoms with Crippen molar-refractivity contribution in [2.75, 3.05) is 10.5 Å². The Bertz CT molecular complexity index is 914. The van der Waals surface area contributed by atoms with Crippen molar-refractivity contribution >= 4 is 21.5 Å². The van der Waals surface area contributed by atoms with Crippen LogP contribution in [0.3, 0.4) is 0 Å². The van der Waals surface area contributed by atoms with Crippen molar-refractivity contribution in [2.45, 2.75) is 11.8 Å². The number of nitrogens with two attached hydrogens (primary N) is 1. The number of hydrogen-bond donors (Lipinski definition) is 2. The molecule has 2 aromatic carbocycles. The fraction of sp³-hybridized carbons (Fsp3) is 0.0625. The fourth-order valence-corrected chi connectivity index (χ4v) is 3.10. The minimum Gasteiger partial charge on any atom is -0.399 e. The molecule has 0 radical (unpaired) electrons.